The summed E-state index contributed by atoms with van der Waals surface area (Å²) in [6, 6.07) is 14.2. The number of hydrogen-bond donors (Lipinski definition) is 1. The number of non-ortho nitro benzene ring substituents is 1. The quantitative estimate of drug-likeness (QED) is 0.342. The number of thiazole rings is 1. The second-order valence-electron chi connectivity index (χ2n) is 4.17. The van der Waals surface area contributed by atoms with Gasteiger partial charge < -0.3 is 5.32 Å². The predicted octanol–water partition coefficient (Wildman–Crippen LogP) is 3.98. The molecule has 1 aromatic heterocycles. The SMILES string of the molecule is O=[N+]([O-])c1ccc2sc(/N=C\Nc3ccccc3)nc2c1. The van der Waals surface area contributed by atoms with E-state index in [0.29, 0.717) is 10.6 Å². The van der Waals surface area contributed by atoms with Crippen LogP contribution < -0.4 is 5.32 Å². The normalized spacial score (nSPS) is 11.0. The summed E-state index contributed by atoms with van der Waals surface area (Å²) in [6.45, 7) is 0. The van der Waals surface area contributed by atoms with Crippen molar-refractivity contribution in [2.75, 3.05) is 5.32 Å². The maximum atomic E-state index is 10.7. The van der Waals surface area contributed by atoms with Crippen LogP contribution in [0.4, 0.5) is 16.5 Å². The van der Waals surface area contributed by atoms with E-state index in [0.717, 1.165) is 10.4 Å². The van der Waals surface area contributed by atoms with E-state index in [9.17, 15) is 10.1 Å². The summed E-state index contributed by atoms with van der Waals surface area (Å²) in [7, 11) is 0. The van der Waals surface area contributed by atoms with Gasteiger partial charge in [-0.25, -0.2) is 9.98 Å². The number of nitrogens with one attached hydrogen (secondary N) is 1. The van der Waals surface area contributed by atoms with Crippen molar-refractivity contribution < 1.29 is 4.92 Å². The van der Waals surface area contributed by atoms with Crippen LogP contribution in [0.3, 0.4) is 0 Å². The lowest BCUT2D eigenvalue weighted by Gasteiger charge is -1.96. The molecule has 0 spiro atoms. The zero-order valence-electron chi connectivity index (χ0n) is 10.8. The summed E-state index contributed by atoms with van der Waals surface area (Å²) in [5.74, 6) is 0. The Hall–Kier alpha value is -2.80. The lowest BCUT2D eigenvalue weighted by molar-refractivity contribution is -0.384. The van der Waals surface area contributed by atoms with E-state index in [2.05, 4.69) is 15.3 Å². The third-order valence-electron chi connectivity index (χ3n) is 2.75. The fourth-order valence-electron chi connectivity index (χ4n) is 1.77. The highest BCUT2D eigenvalue weighted by molar-refractivity contribution is 7.22. The minimum atomic E-state index is -0.432. The number of hydrogen-bond acceptors (Lipinski definition) is 5. The Kier molecular flexibility index (Phi) is 3.57. The Labute approximate surface area is 123 Å². The van der Waals surface area contributed by atoms with Gasteiger partial charge in [0.15, 0.2) is 0 Å². The molecule has 0 bridgehead atoms. The summed E-state index contributed by atoms with van der Waals surface area (Å²) in [5.41, 5.74) is 1.55. The van der Waals surface area contributed by atoms with Crippen LogP contribution in [0.5, 0.6) is 0 Å². The van der Waals surface area contributed by atoms with E-state index < -0.39 is 4.92 Å². The van der Waals surface area contributed by atoms with Crippen molar-refractivity contribution in [3.8, 4) is 0 Å². The number of aromatic nitrogens is 1. The fourth-order valence-corrected chi connectivity index (χ4v) is 2.56. The van der Waals surface area contributed by atoms with Crippen molar-refractivity contribution in [1.82, 2.24) is 4.98 Å². The molecule has 21 heavy (non-hydrogen) atoms. The van der Waals surface area contributed by atoms with E-state index in [1.807, 2.05) is 30.3 Å². The largest absolute Gasteiger partial charge is 0.346 e. The van der Waals surface area contributed by atoms with Crippen molar-refractivity contribution in [1.29, 1.82) is 0 Å². The monoisotopic (exact) mass is 298 g/mol. The van der Waals surface area contributed by atoms with Crippen LogP contribution in [0.15, 0.2) is 53.5 Å². The maximum Gasteiger partial charge on any atom is 0.271 e. The number of nitrogens with zero attached hydrogens (tertiary/aromatic N) is 3. The van der Waals surface area contributed by atoms with Crippen LogP contribution in [0.2, 0.25) is 0 Å². The molecule has 0 aliphatic rings. The number of rotatable bonds is 4. The van der Waals surface area contributed by atoms with Crippen molar-refractivity contribution >= 4 is 44.4 Å². The molecule has 1 N–H and O–H groups in total. The number of benzene rings is 2. The molecule has 0 unspecified atom stereocenters. The van der Waals surface area contributed by atoms with Gasteiger partial charge in [-0.3, -0.25) is 10.1 Å². The first kappa shape index (κ1) is 13.2. The van der Waals surface area contributed by atoms with Gasteiger partial charge in [0.1, 0.15) is 0 Å². The minimum Gasteiger partial charge on any atom is -0.346 e. The number of fused-ring (bicyclic) bond motifs is 1. The molecule has 6 nitrogen and oxygen atoms in total. The van der Waals surface area contributed by atoms with Gasteiger partial charge in [-0.15, -0.1) is 0 Å². The van der Waals surface area contributed by atoms with Crippen LogP contribution >= 0.6 is 11.3 Å². The van der Waals surface area contributed by atoms with Gasteiger partial charge in [0.05, 0.1) is 21.5 Å². The van der Waals surface area contributed by atoms with Gasteiger partial charge in [0, 0.05) is 17.8 Å². The highest BCUT2D eigenvalue weighted by Crippen LogP contribution is 2.30. The number of para-hydroxylation sites is 1. The van der Waals surface area contributed by atoms with E-state index in [1.54, 1.807) is 12.4 Å². The zero-order chi connectivity index (χ0) is 14.7. The van der Waals surface area contributed by atoms with Gasteiger partial charge in [-0.05, 0) is 18.2 Å². The molecule has 0 amide bonds. The summed E-state index contributed by atoms with van der Waals surface area (Å²) < 4.78 is 0.868. The smallest absolute Gasteiger partial charge is 0.271 e. The molecule has 3 rings (SSSR count). The van der Waals surface area contributed by atoms with Gasteiger partial charge in [0.2, 0.25) is 5.13 Å². The Morgan fingerprint density at radius 1 is 1.24 bits per heavy atom. The Morgan fingerprint density at radius 2 is 2.05 bits per heavy atom. The average Bonchev–Trinajstić information content (AvgIpc) is 2.90. The van der Waals surface area contributed by atoms with Gasteiger partial charge in [-0.2, -0.15) is 0 Å². The third kappa shape index (κ3) is 3.03. The molecule has 0 aliphatic heterocycles. The number of nitro groups is 1. The number of nitro benzene ring substituents is 1. The molecule has 0 saturated heterocycles. The summed E-state index contributed by atoms with van der Waals surface area (Å²) in [5, 5.41) is 14.3. The molecule has 104 valence electrons. The van der Waals surface area contributed by atoms with Gasteiger partial charge >= 0.3 is 0 Å². The molecule has 0 fully saturated rings. The van der Waals surface area contributed by atoms with Crippen LogP contribution in [-0.2, 0) is 0 Å². The average molecular weight is 298 g/mol. The first-order chi connectivity index (χ1) is 10.2. The summed E-state index contributed by atoms with van der Waals surface area (Å²) in [4.78, 5) is 18.8. The van der Waals surface area contributed by atoms with Crippen LogP contribution in [0.25, 0.3) is 10.2 Å². The lowest BCUT2D eigenvalue weighted by atomic mass is 10.3. The fraction of sp³-hybridized carbons (Fsp3) is 0. The van der Waals surface area contributed by atoms with Gasteiger partial charge in [0.25, 0.3) is 5.69 Å². The summed E-state index contributed by atoms with van der Waals surface area (Å²) >= 11 is 1.38. The predicted molar refractivity (Wildman–Crippen MR) is 84.5 cm³/mol. The molecule has 2 aromatic carbocycles. The molecule has 7 heteroatoms. The van der Waals surface area contributed by atoms with Gasteiger partial charge in [-0.1, -0.05) is 29.5 Å². The Morgan fingerprint density at radius 3 is 2.81 bits per heavy atom. The minimum absolute atomic E-state index is 0.0331. The number of anilines is 1. The molecule has 1 heterocycles. The number of aliphatic imine (C=N–C) groups is 1. The van der Waals surface area contributed by atoms with E-state index >= 15 is 0 Å². The zero-order valence-corrected chi connectivity index (χ0v) is 11.6. The Bertz CT molecular complexity index is 814. The molecule has 0 atom stereocenters. The molecular weight excluding hydrogens is 288 g/mol. The second kappa shape index (κ2) is 5.68. The standard InChI is InChI=1S/C14H10N4O2S/c19-18(20)11-6-7-13-12(8-11)17-14(21-13)16-9-15-10-4-2-1-3-5-10/h1-9H,(H,15,16,17). The molecule has 0 saturated carbocycles. The second-order valence-corrected chi connectivity index (χ2v) is 5.18. The van der Waals surface area contributed by atoms with Crippen LogP contribution in [-0.4, -0.2) is 16.2 Å². The van der Waals surface area contributed by atoms with E-state index in [-0.39, 0.29) is 5.69 Å². The first-order valence-corrected chi connectivity index (χ1v) is 6.93. The molecular formula is C14H10N4O2S. The lowest BCUT2D eigenvalue weighted by Crippen LogP contribution is -1.92. The highest BCUT2D eigenvalue weighted by atomic mass is 32.1. The van der Waals surface area contributed by atoms with Crippen molar-refractivity contribution in [2.24, 2.45) is 4.99 Å². The Balaban J connectivity index is 1.79. The summed E-state index contributed by atoms with van der Waals surface area (Å²) in [6.07, 6.45) is 1.56. The van der Waals surface area contributed by atoms with Crippen LogP contribution in [0.1, 0.15) is 0 Å². The maximum absolute atomic E-state index is 10.7. The van der Waals surface area contributed by atoms with Crippen LogP contribution in [0, 0.1) is 10.1 Å². The highest BCUT2D eigenvalue weighted by Gasteiger charge is 2.09. The van der Waals surface area contributed by atoms with Crippen molar-refractivity contribution in [3.63, 3.8) is 0 Å². The molecule has 3 aromatic rings. The first-order valence-electron chi connectivity index (χ1n) is 6.11. The molecule has 0 radical (unpaired) electrons. The topological polar surface area (TPSA) is 80.4 Å². The van der Waals surface area contributed by atoms with E-state index in [1.165, 1.54) is 23.5 Å². The van der Waals surface area contributed by atoms with Crippen molar-refractivity contribution in [2.45, 2.75) is 0 Å². The van der Waals surface area contributed by atoms with E-state index in [4.69, 9.17) is 0 Å². The molecule has 0 aliphatic carbocycles. The van der Waals surface area contributed by atoms with Crippen molar-refractivity contribution in [3.05, 3.63) is 58.6 Å². The third-order valence-corrected chi connectivity index (χ3v) is 3.70.